The zero-order chi connectivity index (χ0) is 20.2. The Labute approximate surface area is 183 Å². The van der Waals surface area contributed by atoms with Crippen LogP contribution in [0, 0.1) is 0 Å². The van der Waals surface area contributed by atoms with Crippen molar-refractivity contribution in [2.45, 2.75) is 44.7 Å². The Hall–Kier alpha value is -2.32. The van der Waals surface area contributed by atoms with E-state index in [0.717, 1.165) is 74.3 Å². The van der Waals surface area contributed by atoms with Crippen LogP contribution in [0.2, 0.25) is 0 Å². The molecule has 9 heteroatoms. The summed E-state index contributed by atoms with van der Waals surface area (Å²) in [6.07, 6.45) is 3.07. The van der Waals surface area contributed by atoms with Crippen LogP contribution in [-0.2, 0) is 24.3 Å². The molecule has 1 N–H and O–H groups in total. The average molecular weight is 436 g/mol. The van der Waals surface area contributed by atoms with Crippen molar-refractivity contribution in [2.75, 3.05) is 33.9 Å². The third-order valence-electron chi connectivity index (χ3n) is 5.90. The number of ether oxygens (including phenoxy) is 2. The van der Waals surface area contributed by atoms with Gasteiger partial charge >= 0.3 is 0 Å². The molecule has 1 aromatic carbocycles. The van der Waals surface area contributed by atoms with Gasteiger partial charge in [0.25, 0.3) is 0 Å². The SMILES string of the molecule is COc1cc(CCC(=O)N2CCC(c3nnc4n3CCNC4)CC2)cc(OC)c1.Cl. The summed E-state index contributed by atoms with van der Waals surface area (Å²) < 4.78 is 12.9. The van der Waals surface area contributed by atoms with E-state index in [1.807, 2.05) is 23.1 Å². The third-order valence-corrected chi connectivity index (χ3v) is 5.90. The number of methoxy groups -OCH3 is 2. The van der Waals surface area contributed by atoms with Crippen LogP contribution in [-0.4, -0.2) is 59.4 Å². The van der Waals surface area contributed by atoms with Crippen molar-refractivity contribution < 1.29 is 14.3 Å². The molecule has 2 aliphatic rings. The van der Waals surface area contributed by atoms with Gasteiger partial charge in [0.2, 0.25) is 5.91 Å². The average Bonchev–Trinajstić information content (AvgIpc) is 3.21. The van der Waals surface area contributed by atoms with Crippen molar-refractivity contribution in [2.24, 2.45) is 0 Å². The molecule has 3 heterocycles. The Morgan fingerprint density at radius 2 is 1.80 bits per heavy atom. The highest BCUT2D eigenvalue weighted by Crippen LogP contribution is 2.28. The smallest absolute Gasteiger partial charge is 0.222 e. The number of benzene rings is 1. The normalized spacial score (nSPS) is 16.5. The lowest BCUT2D eigenvalue weighted by Gasteiger charge is -2.32. The molecule has 1 saturated heterocycles. The number of aromatic nitrogens is 3. The van der Waals surface area contributed by atoms with Gasteiger partial charge in [0, 0.05) is 44.6 Å². The van der Waals surface area contributed by atoms with Gasteiger partial charge in [0.05, 0.1) is 20.8 Å². The van der Waals surface area contributed by atoms with Crippen LogP contribution in [0.3, 0.4) is 0 Å². The number of rotatable bonds is 6. The molecule has 2 aliphatic heterocycles. The Morgan fingerprint density at radius 3 is 2.47 bits per heavy atom. The summed E-state index contributed by atoms with van der Waals surface area (Å²) in [5, 5.41) is 12.1. The molecule has 0 saturated carbocycles. The summed E-state index contributed by atoms with van der Waals surface area (Å²) in [4.78, 5) is 14.7. The molecular formula is C21H30ClN5O3. The van der Waals surface area contributed by atoms with Crippen LogP contribution in [0.25, 0.3) is 0 Å². The van der Waals surface area contributed by atoms with E-state index < -0.39 is 0 Å². The molecule has 0 bridgehead atoms. The Bertz CT molecular complexity index is 842. The number of fused-ring (bicyclic) bond motifs is 1. The van der Waals surface area contributed by atoms with Gasteiger partial charge < -0.3 is 24.3 Å². The first-order valence-corrected chi connectivity index (χ1v) is 10.3. The maximum Gasteiger partial charge on any atom is 0.222 e. The number of carbonyl (C=O) groups is 1. The second-order valence-corrected chi connectivity index (χ2v) is 7.68. The molecule has 1 amide bonds. The van der Waals surface area contributed by atoms with E-state index in [-0.39, 0.29) is 18.3 Å². The predicted octanol–water partition coefficient (Wildman–Crippen LogP) is 2.16. The molecular weight excluding hydrogens is 406 g/mol. The van der Waals surface area contributed by atoms with Crippen molar-refractivity contribution in [3.63, 3.8) is 0 Å². The van der Waals surface area contributed by atoms with Crippen LogP contribution < -0.4 is 14.8 Å². The van der Waals surface area contributed by atoms with E-state index in [1.54, 1.807) is 14.2 Å². The Kier molecular flexibility index (Phi) is 7.55. The number of amides is 1. The van der Waals surface area contributed by atoms with Crippen molar-refractivity contribution in [1.82, 2.24) is 25.0 Å². The van der Waals surface area contributed by atoms with E-state index in [0.29, 0.717) is 18.8 Å². The number of carbonyl (C=O) groups excluding carboxylic acids is 1. The number of nitrogens with zero attached hydrogens (tertiary/aromatic N) is 4. The molecule has 1 aromatic heterocycles. The molecule has 164 valence electrons. The molecule has 0 atom stereocenters. The van der Waals surface area contributed by atoms with Crippen LogP contribution in [0.5, 0.6) is 11.5 Å². The van der Waals surface area contributed by atoms with Gasteiger partial charge in [-0.25, -0.2) is 0 Å². The van der Waals surface area contributed by atoms with E-state index in [9.17, 15) is 4.79 Å². The van der Waals surface area contributed by atoms with Gasteiger partial charge in [0.1, 0.15) is 23.1 Å². The molecule has 0 spiro atoms. The summed E-state index contributed by atoms with van der Waals surface area (Å²) in [5.41, 5.74) is 1.05. The number of halogens is 1. The third kappa shape index (κ3) is 4.87. The number of likely N-dealkylation sites (tertiary alicyclic amines) is 1. The zero-order valence-corrected chi connectivity index (χ0v) is 18.4. The Morgan fingerprint density at radius 1 is 1.10 bits per heavy atom. The minimum Gasteiger partial charge on any atom is -0.497 e. The fourth-order valence-electron chi connectivity index (χ4n) is 4.22. The largest absolute Gasteiger partial charge is 0.497 e. The van der Waals surface area contributed by atoms with Gasteiger partial charge in [-0.2, -0.15) is 0 Å². The molecule has 30 heavy (non-hydrogen) atoms. The number of aryl methyl sites for hydroxylation is 1. The number of piperidine rings is 1. The van der Waals surface area contributed by atoms with Crippen LogP contribution in [0.1, 0.15) is 42.4 Å². The molecule has 2 aromatic rings. The van der Waals surface area contributed by atoms with Crippen molar-refractivity contribution in [1.29, 1.82) is 0 Å². The summed E-state index contributed by atoms with van der Waals surface area (Å²) in [7, 11) is 3.27. The maximum absolute atomic E-state index is 12.7. The van der Waals surface area contributed by atoms with E-state index in [2.05, 4.69) is 20.1 Å². The first kappa shape index (κ1) is 22.4. The van der Waals surface area contributed by atoms with Gasteiger partial charge in [-0.3, -0.25) is 4.79 Å². The quantitative estimate of drug-likeness (QED) is 0.748. The van der Waals surface area contributed by atoms with E-state index >= 15 is 0 Å². The zero-order valence-electron chi connectivity index (χ0n) is 17.6. The molecule has 8 nitrogen and oxygen atoms in total. The minimum absolute atomic E-state index is 0. The lowest BCUT2D eigenvalue weighted by atomic mass is 9.95. The molecule has 4 rings (SSSR count). The fourth-order valence-corrected chi connectivity index (χ4v) is 4.22. The van der Waals surface area contributed by atoms with Gasteiger partial charge in [-0.1, -0.05) is 0 Å². The summed E-state index contributed by atoms with van der Waals surface area (Å²) >= 11 is 0. The molecule has 0 radical (unpaired) electrons. The highest BCUT2D eigenvalue weighted by atomic mass is 35.5. The lowest BCUT2D eigenvalue weighted by molar-refractivity contribution is -0.132. The summed E-state index contributed by atoms with van der Waals surface area (Å²) in [5.74, 6) is 4.22. The van der Waals surface area contributed by atoms with E-state index in [4.69, 9.17) is 9.47 Å². The van der Waals surface area contributed by atoms with Crippen molar-refractivity contribution >= 4 is 18.3 Å². The molecule has 0 unspecified atom stereocenters. The van der Waals surface area contributed by atoms with Crippen molar-refractivity contribution in [3.8, 4) is 11.5 Å². The first-order valence-electron chi connectivity index (χ1n) is 10.3. The van der Waals surface area contributed by atoms with Gasteiger partial charge in [-0.05, 0) is 37.0 Å². The van der Waals surface area contributed by atoms with Gasteiger partial charge in [0.15, 0.2) is 0 Å². The van der Waals surface area contributed by atoms with Crippen LogP contribution in [0.4, 0.5) is 0 Å². The topological polar surface area (TPSA) is 81.5 Å². The highest BCUT2D eigenvalue weighted by Gasteiger charge is 2.28. The number of hydrogen-bond acceptors (Lipinski definition) is 6. The van der Waals surface area contributed by atoms with Crippen LogP contribution >= 0.6 is 12.4 Å². The molecule has 0 aliphatic carbocycles. The Balaban J connectivity index is 0.00000256. The second-order valence-electron chi connectivity index (χ2n) is 7.68. The number of nitrogens with one attached hydrogen (secondary N) is 1. The monoisotopic (exact) mass is 435 g/mol. The minimum atomic E-state index is 0. The standard InChI is InChI=1S/C21H29N5O3.ClH/c1-28-17-11-15(12-18(13-17)29-2)3-4-20(27)25-8-5-16(6-9-25)21-24-23-19-14-22-7-10-26(19)21;/h11-13,16,22H,3-10,14H2,1-2H3;1H. The first-order chi connectivity index (χ1) is 14.2. The number of hydrogen-bond donors (Lipinski definition) is 1. The van der Waals surface area contributed by atoms with Crippen molar-refractivity contribution in [3.05, 3.63) is 35.4 Å². The highest BCUT2D eigenvalue weighted by molar-refractivity contribution is 5.85. The maximum atomic E-state index is 12.7. The second kappa shape index (κ2) is 10.1. The fraction of sp³-hybridized carbons (Fsp3) is 0.571. The summed E-state index contributed by atoms with van der Waals surface area (Å²) in [6, 6.07) is 5.77. The summed E-state index contributed by atoms with van der Waals surface area (Å²) in [6.45, 7) is 4.25. The lowest BCUT2D eigenvalue weighted by Crippen LogP contribution is -2.39. The van der Waals surface area contributed by atoms with Crippen LogP contribution in [0.15, 0.2) is 18.2 Å². The molecule has 1 fully saturated rings. The van der Waals surface area contributed by atoms with Gasteiger partial charge in [-0.15, -0.1) is 22.6 Å². The van der Waals surface area contributed by atoms with E-state index in [1.165, 1.54) is 0 Å². The predicted molar refractivity (Wildman–Crippen MR) is 115 cm³/mol.